The fourth-order valence-electron chi connectivity index (χ4n) is 4.51. The number of rotatable bonds is 7. The van der Waals surface area contributed by atoms with E-state index in [4.69, 9.17) is 0 Å². The van der Waals surface area contributed by atoms with Crippen LogP contribution in [0.15, 0.2) is 66.9 Å². The van der Waals surface area contributed by atoms with Gasteiger partial charge in [0, 0.05) is 41.4 Å². The summed E-state index contributed by atoms with van der Waals surface area (Å²) < 4.78 is 68.9. The summed E-state index contributed by atoms with van der Waals surface area (Å²) in [5.74, 6) is -3.72. The summed E-state index contributed by atoms with van der Waals surface area (Å²) in [6, 6.07) is 12.6. The van der Waals surface area contributed by atoms with Crippen LogP contribution in [0.25, 0.3) is 10.9 Å². The molecule has 5 rings (SSSR count). The van der Waals surface area contributed by atoms with E-state index in [0.29, 0.717) is 16.6 Å². The molecule has 1 fully saturated rings. The number of urea groups is 1. The summed E-state index contributed by atoms with van der Waals surface area (Å²) in [6.07, 6.45) is 1.72. The molecule has 208 valence electrons. The van der Waals surface area contributed by atoms with Crippen LogP contribution < -0.4 is 16.0 Å². The molecule has 4 N–H and O–H groups in total. The second-order valence-electron chi connectivity index (χ2n) is 9.35. The predicted molar refractivity (Wildman–Crippen MR) is 145 cm³/mol. The number of aromatic amines is 1. The fraction of sp³-hybridized carbons (Fsp3) is 0.185. The Balaban J connectivity index is 1.17. The fourth-order valence-corrected chi connectivity index (χ4v) is 6.11. The number of carbonyl (C=O) groups excluding carboxylic acids is 2. The Morgan fingerprint density at radius 3 is 2.50 bits per heavy atom. The summed E-state index contributed by atoms with van der Waals surface area (Å²) in [6.45, 7) is -0.0276. The molecule has 9 nitrogen and oxygen atoms in total. The Hall–Kier alpha value is -4.36. The minimum atomic E-state index is -3.86. The molecule has 3 amide bonds. The molecule has 1 saturated heterocycles. The molecule has 40 heavy (non-hydrogen) atoms. The van der Waals surface area contributed by atoms with Gasteiger partial charge in [-0.1, -0.05) is 18.2 Å². The summed E-state index contributed by atoms with van der Waals surface area (Å²) in [4.78, 5) is 28.1. The summed E-state index contributed by atoms with van der Waals surface area (Å²) in [7, 11) is -3.86. The number of halogens is 3. The quantitative estimate of drug-likeness (QED) is 0.249. The third kappa shape index (κ3) is 5.95. The number of anilines is 3. The molecular weight excluding hydrogens is 547 g/mol. The van der Waals surface area contributed by atoms with Crippen molar-refractivity contribution in [2.45, 2.75) is 12.2 Å². The minimum Gasteiger partial charge on any atom is -0.359 e. The summed E-state index contributed by atoms with van der Waals surface area (Å²) >= 11 is 0. The van der Waals surface area contributed by atoms with E-state index in [-0.39, 0.29) is 36.4 Å². The number of amides is 3. The molecule has 0 radical (unpaired) electrons. The lowest BCUT2D eigenvalue weighted by molar-refractivity contribution is -0.119. The monoisotopic (exact) mass is 571 g/mol. The van der Waals surface area contributed by atoms with E-state index >= 15 is 0 Å². The highest BCUT2D eigenvalue weighted by molar-refractivity contribution is 7.88. The first kappa shape index (κ1) is 27.2. The maximum Gasteiger partial charge on any atom is 0.323 e. The van der Waals surface area contributed by atoms with Crippen LogP contribution in [-0.2, 0) is 20.6 Å². The van der Waals surface area contributed by atoms with Gasteiger partial charge in [-0.3, -0.25) is 4.79 Å². The molecule has 3 aromatic carbocycles. The van der Waals surface area contributed by atoms with Gasteiger partial charge in [0.05, 0.1) is 23.0 Å². The van der Waals surface area contributed by atoms with Gasteiger partial charge in [0.2, 0.25) is 15.9 Å². The van der Waals surface area contributed by atoms with E-state index < -0.39 is 51.1 Å². The van der Waals surface area contributed by atoms with Crippen molar-refractivity contribution in [1.29, 1.82) is 0 Å². The number of H-pyrrole nitrogens is 1. The Morgan fingerprint density at radius 1 is 0.925 bits per heavy atom. The van der Waals surface area contributed by atoms with Crippen LogP contribution >= 0.6 is 0 Å². The molecule has 1 aliphatic rings. The lowest BCUT2D eigenvalue weighted by atomic mass is 10.1. The van der Waals surface area contributed by atoms with E-state index in [1.807, 2.05) is 0 Å². The van der Waals surface area contributed by atoms with Crippen molar-refractivity contribution in [3.8, 4) is 0 Å². The molecule has 0 aliphatic carbocycles. The topological polar surface area (TPSA) is 123 Å². The second kappa shape index (κ2) is 11.0. The standard InChI is InChI=1S/C27H24F3N5O4S/c28-18-5-7-23-20(11-18)25(13-31-23)34-27(37)32-19-6-8-24(22(30)12-19)33-26(36)16-9-10-35(14-16)40(38,39)15-17-3-1-2-4-21(17)29/h1-8,11-13,16,31H,9-10,14-15H2,(H,33,36)(H2,32,34,37). The van der Waals surface area contributed by atoms with Gasteiger partial charge in [-0.2, -0.15) is 0 Å². The van der Waals surface area contributed by atoms with Gasteiger partial charge in [-0.15, -0.1) is 0 Å². The second-order valence-corrected chi connectivity index (χ2v) is 11.3. The normalized spacial score (nSPS) is 15.7. The van der Waals surface area contributed by atoms with E-state index in [1.54, 1.807) is 6.07 Å². The lowest BCUT2D eigenvalue weighted by Gasteiger charge is -2.17. The van der Waals surface area contributed by atoms with Crippen LogP contribution in [0.5, 0.6) is 0 Å². The molecule has 0 bridgehead atoms. The number of aromatic nitrogens is 1. The summed E-state index contributed by atoms with van der Waals surface area (Å²) in [5, 5.41) is 7.96. The zero-order chi connectivity index (χ0) is 28.4. The van der Waals surface area contributed by atoms with Crippen molar-refractivity contribution >= 4 is 49.9 Å². The molecule has 1 aliphatic heterocycles. The van der Waals surface area contributed by atoms with Crippen LogP contribution in [0.1, 0.15) is 12.0 Å². The number of hydrogen-bond acceptors (Lipinski definition) is 4. The first-order valence-corrected chi connectivity index (χ1v) is 13.9. The molecule has 0 spiro atoms. The van der Waals surface area contributed by atoms with Crippen LogP contribution in [0.4, 0.5) is 35.0 Å². The van der Waals surface area contributed by atoms with Crippen molar-refractivity contribution in [3.05, 3.63) is 89.9 Å². The average Bonchev–Trinajstić information content (AvgIpc) is 3.55. The highest BCUT2D eigenvalue weighted by Gasteiger charge is 2.35. The maximum atomic E-state index is 14.7. The molecule has 0 saturated carbocycles. The average molecular weight is 572 g/mol. The SMILES string of the molecule is O=C(Nc1ccc(NC(=O)C2CCN(S(=O)(=O)Cc3ccccc3F)C2)c(F)c1)Nc1c[nH]c2ccc(F)cc12. The molecular formula is C27H24F3N5O4S. The van der Waals surface area contributed by atoms with Crippen molar-refractivity contribution in [2.75, 3.05) is 29.0 Å². The smallest absolute Gasteiger partial charge is 0.323 e. The number of benzene rings is 3. The number of carbonyl (C=O) groups is 2. The molecule has 4 aromatic rings. The van der Waals surface area contributed by atoms with E-state index in [0.717, 1.165) is 10.4 Å². The Bertz CT molecular complexity index is 1710. The summed E-state index contributed by atoms with van der Waals surface area (Å²) in [5.41, 5.74) is 0.949. The van der Waals surface area contributed by atoms with Gasteiger partial charge in [-0.25, -0.2) is 30.7 Å². The zero-order valence-electron chi connectivity index (χ0n) is 20.9. The maximum absolute atomic E-state index is 14.7. The molecule has 1 unspecified atom stereocenters. The van der Waals surface area contributed by atoms with Gasteiger partial charge in [0.15, 0.2) is 0 Å². The Labute approximate surface area is 227 Å². The van der Waals surface area contributed by atoms with Gasteiger partial charge >= 0.3 is 6.03 Å². The van der Waals surface area contributed by atoms with Gasteiger partial charge < -0.3 is 20.9 Å². The van der Waals surface area contributed by atoms with Crippen LogP contribution in [0.3, 0.4) is 0 Å². The lowest BCUT2D eigenvalue weighted by Crippen LogP contribution is -2.32. The minimum absolute atomic E-state index is 0.0372. The molecule has 1 atom stereocenters. The van der Waals surface area contributed by atoms with Crippen molar-refractivity contribution in [1.82, 2.24) is 9.29 Å². The zero-order valence-corrected chi connectivity index (χ0v) is 21.7. The molecule has 1 aromatic heterocycles. The van der Waals surface area contributed by atoms with Gasteiger partial charge in [0.25, 0.3) is 0 Å². The van der Waals surface area contributed by atoms with Crippen molar-refractivity contribution in [2.24, 2.45) is 5.92 Å². The first-order chi connectivity index (χ1) is 19.1. The number of sulfonamides is 1. The van der Waals surface area contributed by atoms with Crippen LogP contribution in [0, 0.1) is 23.4 Å². The van der Waals surface area contributed by atoms with Crippen molar-refractivity contribution < 1.29 is 31.2 Å². The molecule has 13 heteroatoms. The Morgan fingerprint density at radius 2 is 1.73 bits per heavy atom. The van der Waals surface area contributed by atoms with Gasteiger partial charge in [-0.05, 0) is 48.9 Å². The van der Waals surface area contributed by atoms with Crippen LogP contribution in [-0.4, -0.2) is 42.7 Å². The predicted octanol–water partition coefficient (Wildman–Crippen LogP) is 5.02. The van der Waals surface area contributed by atoms with E-state index in [2.05, 4.69) is 20.9 Å². The number of nitrogens with zero attached hydrogens (tertiary/aromatic N) is 1. The van der Waals surface area contributed by atoms with E-state index in [9.17, 15) is 31.2 Å². The largest absolute Gasteiger partial charge is 0.359 e. The Kier molecular flexibility index (Phi) is 7.50. The third-order valence-electron chi connectivity index (χ3n) is 6.59. The third-order valence-corrected chi connectivity index (χ3v) is 8.38. The highest BCUT2D eigenvalue weighted by atomic mass is 32.2. The number of hydrogen-bond donors (Lipinski definition) is 4. The first-order valence-electron chi connectivity index (χ1n) is 12.3. The van der Waals surface area contributed by atoms with Gasteiger partial charge in [0.1, 0.15) is 17.5 Å². The number of nitrogens with one attached hydrogen (secondary N) is 4. The van der Waals surface area contributed by atoms with E-state index in [1.165, 1.54) is 54.7 Å². The van der Waals surface area contributed by atoms with Crippen LogP contribution in [0.2, 0.25) is 0 Å². The molecule has 2 heterocycles. The number of fused-ring (bicyclic) bond motifs is 1. The van der Waals surface area contributed by atoms with Crippen molar-refractivity contribution in [3.63, 3.8) is 0 Å². The highest BCUT2D eigenvalue weighted by Crippen LogP contribution is 2.27.